The number of sulfonamides is 1. The van der Waals surface area contributed by atoms with Crippen molar-refractivity contribution < 1.29 is 13.2 Å². The van der Waals surface area contributed by atoms with E-state index in [2.05, 4.69) is 5.32 Å². The molecule has 0 spiro atoms. The first kappa shape index (κ1) is 21.6. The third-order valence-electron chi connectivity index (χ3n) is 4.82. The number of aryl methyl sites for hydroxylation is 2. The lowest BCUT2D eigenvalue weighted by Gasteiger charge is -2.25. The highest BCUT2D eigenvalue weighted by molar-refractivity contribution is 7.92. The van der Waals surface area contributed by atoms with Crippen LogP contribution < -0.4 is 9.62 Å². The first-order chi connectivity index (χ1) is 14.2. The number of hydrogen-bond donors (Lipinski definition) is 1. The third kappa shape index (κ3) is 5.48. The molecule has 0 aliphatic carbocycles. The molecular weight excluding hydrogens is 396 g/mol. The third-order valence-corrected chi connectivity index (χ3v) is 5.96. The SMILES string of the molecule is Cc1ccc(N(CC(=O)NC(c2ccccc2)c2cccc(C)c2)S(C)(=O)=O)cc1. The second-order valence-electron chi connectivity index (χ2n) is 7.43. The number of hydrogen-bond acceptors (Lipinski definition) is 3. The number of rotatable bonds is 7. The van der Waals surface area contributed by atoms with Crippen LogP contribution in [0.1, 0.15) is 28.3 Å². The van der Waals surface area contributed by atoms with Crippen LogP contribution in [0.3, 0.4) is 0 Å². The van der Waals surface area contributed by atoms with Crippen LogP contribution in [0.2, 0.25) is 0 Å². The van der Waals surface area contributed by atoms with E-state index in [1.165, 1.54) is 0 Å². The van der Waals surface area contributed by atoms with Crippen molar-refractivity contribution in [3.05, 3.63) is 101 Å². The summed E-state index contributed by atoms with van der Waals surface area (Å²) in [6.07, 6.45) is 1.11. The second kappa shape index (κ2) is 9.13. The van der Waals surface area contributed by atoms with Gasteiger partial charge in [0.05, 0.1) is 18.0 Å². The van der Waals surface area contributed by atoms with Gasteiger partial charge < -0.3 is 5.32 Å². The summed E-state index contributed by atoms with van der Waals surface area (Å²) in [6.45, 7) is 3.63. The Morgan fingerprint density at radius 2 is 1.50 bits per heavy atom. The molecule has 5 nitrogen and oxygen atoms in total. The summed E-state index contributed by atoms with van der Waals surface area (Å²) in [5, 5.41) is 3.02. The molecule has 0 saturated carbocycles. The Bertz CT molecular complexity index is 1110. The predicted octanol–water partition coefficient (Wildman–Crippen LogP) is 3.98. The van der Waals surface area contributed by atoms with Gasteiger partial charge in [0.1, 0.15) is 6.54 Å². The van der Waals surface area contributed by atoms with Crippen molar-refractivity contribution in [1.82, 2.24) is 5.32 Å². The maximum atomic E-state index is 13.0. The summed E-state index contributed by atoms with van der Waals surface area (Å²) in [7, 11) is -3.63. The Balaban J connectivity index is 1.88. The topological polar surface area (TPSA) is 66.5 Å². The van der Waals surface area contributed by atoms with E-state index in [0.29, 0.717) is 5.69 Å². The minimum Gasteiger partial charge on any atom is -0.344 e. The molecule has 156 valence electrons. The number of amides is 1. The van der Waals surface area contributed by atoms with Crippen LogP contribution in [0.25, 0.3) is 0 Å². The largest absolute Gasteiger partial charge is 0.344 e. The quantitative estimate of drug-likeness (QED) is 0.626. The summed E-state index contributed by atoms with van der Waals surface area (Å²) in [6, 6.07) is 24.2. The molecule has 0 saturated heterocycles. The fraction of sp³-hybridized carbons (Fsp3) is 0.208. The van der Waals surface area contributed by atoms with Gasteiger partial charge in [-0.25, -0.2) is 8.42 Å². The van der Waals surface area contributed by atoms with E-state index < -0.39 is 10.0 Å². The van der Waals surface area contributed by atoms with E-state index in [4.69, 9.17) is 0 Å². The molecule has 0 heterocycles. The molecule has 6 heteroatoms. The van der Waals surface area contributed by atoms with Gasteiger partial charge in [0.15, 0.2) is 0 Å². The number of nitrogens with one attached hydrogen (secondary N) is 1. The number of carbonyl (C=O) groups excluding carboxylic acids is 1. The highest BCUT2D eigenvalue weighted by Gasteiger charge is 2.23. The maximum absolute atomic E-state index is 13.0. The molecule has 1 atom stereocenters. The molecule has 0 aliphatic rings. The molecule has 0 fully saturated rings. The molecule has 0 aromatic heterocycles. The number of benzene rings is 3. The van der Waals surface area contributed by atoms with Gasteiger partial charge in [0, 0.05) is 0 Å². The van der Waals surface area contributed by atoms with Crippen molar-refractivity contribution in [3.8, 4) is 0 Å². The van der Waals surface area contributed by atoms with Crippen molar-refractivity contribution in [3.63, 3.8) is 0 Å². The van der Waals surface area contributed by atoms with Gasteiger partial charge >= 0.3 is 0 Å². The molecule has 3 rings (SSSR count). The molecule has 1 N–H and O–H groups in total. The summed E-state index contributed by atoms with van der Waals surface area (Å²) >= 11 is 0. The molecule has 3 aromatic rings. The van der Waals surface area contributed by atoms with Crippen LogP contribution in [-0.2, 0) is 14.8 Å². The smallest absolute Gasteiger partial charge is 0.241 e. The number of nitrogens with zero attached hydrogens (tertiary/aromatic N) is 1. The van der Waals surface area contributed by atoms with Gasteiger partial charge in [-0.3, -0.25) is 9.10 Å². The monoisotopic (exact) mass is 422 g/mol. The fourth-order valence-corrected chi connectivity index (χ4v) is 4.16. The maximum Gasteiger partial charge on any atom is 0.241 e. The summed E-state index contributed by atoms with van der Waals surface area (Å²) in [4.78, 5) is 13.0. The average Bonchev–Trinajstić information content (AvgIpc) is 2.71. The summed E-state index contributed by atoms with van der Waals surface area (Å²) in [5.41, 5.74) is 4.43. The van der Waals surface area contributed by atoms with Crippen molar-refractivity contribution in [2.24, 2.45) is 0 Å². The Kier molecular flexibility index (Phi) is 6.57. The highest BCUT2D eigenvalue weighted by atomic mass is 32.2. The van der Waals surface area contributed by atoms with E-state index in [9.17, 15) is 13.2 Å². The van der Waals surface area contributed by atoms with Gasteiger partial charge in [-0.2, -0.15) is 0 Å². The Labute approximate surface area is 178 Å². The van der Waals surface area contributed by atoms with Crippen molar-refractivity contribution in [2.45, 2.75) is 19.9 Å². The summed E-state index contributed by atoms with van der Waals surface area (Å²) < 4.78 is 25.9. The van der Waals surface area contributed by atoms with E-state index in [0.717, 1.165) is 32.8 Å². The molecule has 0 bridgehead atoms. The van der Waals surface area contributed by atoms with Crippen LogP contribution in [0, 0.1) is 13.8 Å². The van der Waals surface area contributed by atoms with E-state index in [1.807, 2.05) is 80.6 Å². The Morgan fingerprint density at radius 3 is 2.10 bits per heavy atom. The van der Waals surface area contributed by atoms with Gasteiger partial charge in [-0.15, -0.1) is 0 Å². The molecular formula is C24H26N2O3S. The van der Waals surface area contributed by atoms with Gasteiger partial charge in [0.25, 0.3) is 0 Å². The lowest BCUT2D eigenvalue weighted by molar-refractivity contribution is -0.120. The van der Waals surface area contributed by atoms with Crippen LogP contribution in [-0.4, -0.2) is 27.1 Å². The normalized spacial score (nSPS) is 12.2. The highest BCUT2D eigenvalue weighted by Crippen LogP contribution is 2.23. The lowest BCUT2D eigenvalue weighted by Crippen LogP contribution is -2.41. The minimum atomic E-state index is -3.63. The van der Waals surface area contributed by atoms with Crippen LogP contribution in [0.5, 0.6) is 0 Å². The first-order valence-electron chi connectivity index (χ1n) is 9.69. The molecule has 1 unspecified atom stereocenters. The lowest BCUT2D eigenvalue weighted by atomic mass is 9.97. The van der Waals surface area contributed by atoms with Crippen LogP contribution in [0.15, 0.2) is 78.9 Å². The fourth-order valence-electron chi connectivity index (χ4n) is 3.30. The van der Waals surface area contributed by atoms with Gasteiger partial charge in [-0.05, 0) is 37.1 Å². The zero-order chi connectivity index (χ0) is 21.7. The van der Waals surface area contributed by atoms with Gasteiger partial charge in [-0.1, -0.05) is 77.9 Å². The zero-order valence-corrected chi connectivity index (χ0v) is 18.2. The molecule has 3 aromatic carbocycles. The summed E-state index contributed by atoms with van der Waals surface area (Å²) in [5.74, 6) is -0.378. The predicted molar refractivity (Wildman–Crippen MR) is 121 cm³/mol. The van der Waals surface area contributed by atoms with E-state index in [-0.39, 0.29) is 18.5 Å². The molecule has 0 aliphatic heterocycles. The molecule has 30 heavy (non-hydrogen) atoms. The minimum absolute atomic E-state index is 0.295. The Morgan fingerprint density at radius 1 is 0.867 bits per heavy atom. The van der Waals surface area contributed by atoms with Crippen molar-refractivity contribution >= 4 is 21.6 Å². The van der Waals surface area contributed by atoms with Crippen LogP contribution in [0.4, 0.5) is 5.69 Å². The van der Waals surface area contributed by atoms with Gasteiger partial charge in [0.2, 0.25) is 15.9 Å². The molecule has 1 amide bonds. The zero-order valence-electron chi connectivity index (χ0n) is 17.4. The van der Waals surface area contributed by atoms with E-state index in [1.54, 1.807) is 12.1 Å². The average molecular weight is 423 g/mol. The second-order valence-corrected chi connectivity index (χ2v) is 9.34. The number of carbonyl (C=O) groups is 1. The van der Waals surface area contributed by atoms with Crippen molar-refractivity contribution in [1.29, 1.82) is 0 Å². The van der Waals surface area contributed by atoms with Crippen molar-refractivity contribution in [2.75, 3.05) is 17.1 Å². The van der Waals surface area contributed by atoms with E-state index >= 15 is 0 Å². The number of anilines is 1. The standard InChI is InChI=1S/C24H26N2O3S/c1-18-12-14-22(15-13-18)26(30(3,28)29)17-23(27)25-24(20-9-5-4-6-10-20)21-11-7-8-19(2)16-21/h4-16,24H,17H2,1-3H3,(H,25,27). The Hall–Kier alpha value is -3.12. The van der Waals surface area contributed by atoms with Crippen LogP contribution >= 0.6 is 0 Å². The first-order valence-corrected chi connectivity index (χ1v) is 11.5. The molecule has 0 radical (unpaired) electrons.